The minimum absolute atomic E-state index is 0.0396. The predicted octanol–water partition coefficient (Wildman–Crippen LogP) is 3.37. The van der Waals surface area contributed by atoms with E-state index in [0.29, 0.717) is 22.3 Å². The number of terminal acetylenes is 2. The van der Waals surface area contributed by atoms with Crippen LogP contribution in [-0.4, -0.2) is 22.2 Å². The largest absolute Gasteiger partial charge is 0.478 e. The van der Waals surface area contributed by atoms with Gasteiger partial charge in [-0.3, -0.25) is 0 Å². The van der Waals surface area contributed by atoms with Gasteiger partial charge in [0.2, 0.25) is 0 Å². The Labute approximate surface area is 146 Å². The molecule has 2 aromatic rings. The molecule has 4 nitrogen and oxygen atoms in total. The fourth-order valence-corrected chi connectivity index (χ4v) is 2.86. The van der Waals surface area contributed by atoms with Gasteiger partial charge in [0.25, 0.3) is 0 Å². The van der Waals surface area contributed by atoms with Gasteiger partial charge in [-0.25, -0.2) is 9.59 Å². The van der Waals surface area contributed by atoms with Crippen molar-refractivity contribution in [3.63, 3.8) is 0 Å². The summed E-state index contributed by atoms with van der Waals surface area (Å²) in [6, 6.07) is 9.35. The maximum absolute atomic E-state index is 11.7. The molecule has 2 N–H and O–H groups in total. The van der Waals surface area contributed by atoms with Gasteiger partial charge < -0.3 is 10.2 Å². The summed E-state index contributed by atoms with van der Waals surface area (Å²) in [7, 11) is 0. The van der Waals surface area contributed by atoms with Gasteiger partial charge in [0.15, 0.2) is 0 Å². The zero-order valence-electron chi connectivity index (χ0n) is 13.8. The van der Waals surface area contributed by atoms with Crippen LogP contribution in [0.4, 0.5) is 0 Å². The highest BCUT2D eigenvalue weighted by molar-refractivity contribution is 5.93. The fraction of sp³-hybridized carbons (Fsp3) is 0.143. The number of carboxylic acids is 2. The molecule has 0 heterocycles. The summed E-state index contributed by atoms with van der Waals surface area (Å²) in [6.45, 7) is 3.53. The lowest BCUT2D eigenvalue weighted by Crippen LogP contribution is -2.25. The third-order valence-electron chi connectivity index (χ3n) is 4.18. The van der Waals surface area contributed by atoms with Gasteiger partial charge in [-0.05, 0) is 35.4 Å². The van der Waals surface area contributed by atoms with E-state index in [4.69, 9.17) is 12.8 Å². The molecule has 0 amide bonds. The number of carboxylic acid groups (broad SMARTS) is 2. The smallest absolute Gasteiger partial charge is 0.336 e. The molecule has 0 aliphatic rings. The summed E-state index contributed by atoms with van der Waals surface area (Å²) in [5, 5.41) is 19.1. The lowest BCUT2D eigenvalue weighted by Gasteiger charge is -2.29. The number of benzene rings is 2. The van der Waals surface area contributed by atoms with Crippen molar-refractivity contribution in [1.82, 2.24) is 0 Å². The summed E-state index contributed by atoms with van der Waals surface area (Å²) >= 11 is 0. The van der Waals surface area contributed by atoms with E-state index in [9.17, 15) is 19.8 Å². The van der Waals surface area contributed by atoms with Crippen LogP contribution in [0.3, 0.4) is 0 Å². The first-order valence-electron chi connectivity index (χ1n) is 7.41. The van der Waals surface area contributed by atoms with Crippen LogP contribution in [-0.2, 0) is 5.41 Å². The highest BCUT2D eigenvalue weighted by atomic mass is 16.4. The first-order valence-corrected chi connectivity index (χ1v) is 7.41. The molecule has 0 saturated carbocycles. The normalized spacial score (nSPS) is 10.6. The zero-order valence-corrected chi connectivity index (χ0v) is 13.8. The summed E-state index contributed by atoms with van der Waals surface area (Å²) in [5.41, 5.74) is 1.01. The highest BCUT2D eigenvalue weighted by Crippen LogP contribution is 2.36. The number of rotatable bonds is 4. The molecule has 0 bridgehead atoms. The van der Waals surface area contributed by atoms with Crippen molar-refractivity contribution in [1.29, 1.82) is 0 Å². The minimum atomic E-state index is -1.13. The Bertz CT molecular complexity index is 875. The summed E-state index contributed by atoms with van der Waals surface area (Å²) in [6.07, 6.45) is 10.7. The molecule has 0 spiro atoms. The summed E-state index contributed by atoms with van der Waals surface area (Å²) in [4.78, 5) is 23.4. The molecule has 25 heavy (non-hydrogen) atoms. The van der Waals surface area contributed by atoms with Crippen molar-refractivity contribution in [2.45, 2.75) is 19.3 Å². The van der Waals surface area contributed by atoms with Gasteiger partial charge in [-0.2, -0.15) is 0 Å². The average molecular weight is 332 g/mol. The zero-order chi connectivity index (χ0) is 18.8. The predicted molar refractivity (Wildman–Crippen MR) is 94.8 cm³/mol. The van der Waals surface area contributed by atoms with Crippen LogP contribution in [0, 0.1) is 24.7 Å². The molecule has 0 atom stereocenters. The molecule has 0 fully saturated rings. The average Bonchev–Trinajstić information content (AvgIpc) is 2.60. The molecular weight excluding hydrogens is 316 g/mol. The van der Waals surface area contributed by atoms with E-state index in [2.05, 4.69) is 11.8 Å². The van der Waals surface area contributed by atoms with E-state index < -0.39 is 17.4 Å². The van der Waals surface area contributed by atoms with Crippen molar-refractivity contribution >= 4 is 11.9 Å². The Kier molecular flexibility index (Phi) is 4.68. The standard InChI is InChI=1S/C21H16O4/c1-5-13-7-9-17(15(11-13)19(22)23)21(3,4)18-10-8-14(6-2)12-16(18)20(24)25/h1-2,7-12H,3-4H3,(H,22,23)(H,24,25). The molecule has 0 radical (unpaired) electrons. The minimum Gasteiger partial charge on any atom is -0.478 e. The van der Waals surface area contributed by atoms with Gasteiger partial charge in [0, 0.05) is 16.5 Å². The monoisotopic (exact) mass is 332 g/mol. The maximum atomic E-state index is 11.7. The van der Waals surface area contributed by atoms with Crippen LogP contribution in [0.25, 0.3) is 0 Å². The van der Waals surface area contributed by atoms with Crippen LogP contribution in [0.2, 0.25) is 0 Å². The van der Waals surface area contributed by atoms with Crippen LogP contribution >= 0.6 is 0 Å². The Balaban J connectivity index is 2.76. The Morgan fingerprint density at radius 3 is 1.48 bits per heavy atom. The van der Waals surface area contributed by atoms with Crippen molar-refractivity contribution in [3.05, 3.63) is 69.8 Å². The van der Waals surface area contributed by atoms with E-state index in [-0.39, 0.29) is 11.1 Å². The van der Waals surface area contributed by atoms with E-state index in [0.717, 1.165) is 0 Å². The van der Waals surface area contributed by atoms with Crippen molar-refractivity contribution in [2.75, 3.05) is 0 Å². The second-order valence-corrected chi connectivity index (χ2v) is 6.04. The topological polar surface area (TPSA) is 74.6 Å². The number of aromatic carboxylic acids is 2. The fourth-order valence-electron chi connectivity index (χ4n) is 2.86. The van der Waals surface area contributed by atoms with E-state index in [1.165, 1.54) is 12.1 Å². The molecule has 2 rings (SSSR count). The van der Waals surface area contributed by atoms with Gasteiger partial charge in [-0.1, -0.05) is 37.8 Å². The summed E-state index contributed by atoms with van der Waals surface area (Å²) < 4.78 is 0. The molecule has 0 unspecified atom stereocenters. The second kappa shape index (κ2) is 6.55. The Morgan fingerprint density at radius 1 is 0.840 bits per heavy atom. The van der Waals surface area contributed by atoms with Gasteiger partial charge in [0.1, 0.15) is 0 Å². The third-order valence-corrected chi connectivity index (χ3v) is 4.18. The lowest BCUT2D eigenvalue weighted by atomic mass is 9.73. The Hall–Kier alpha value is -3.50. The van der Waals surface area contributed by atoms with Gasteiger partial charge >= 0.3 is 11.9 Å². The first-order chi connectivity index (χ1) is 11.7. The molecular formula is C21H16O4. The van der Waals surface area contributed by atoms with Gasteiger partial charge in [0.05, 0.1) is 11.1 Å². The molecule has 4 heteroatoms. The molecule has 2 aromatic carbocycles. The van der Waals surface area contributed by atoms with E-state index >= 15 is 0 Å². The first kappa shape index (κ1) is 17.8. The van der Waals surface area contributed by atoms with Crippen molar-refractivity contribution in [2.24, 2.45) is 0 Å². The number of carbonyl (C=O) groups is 2. The number of hydrogen-bond donors (Lipinski definition) is 2. The molecule has 0 aliphatic carbocycles. The molecule has 124 valence electrons. The Morgan fingerprint density at radius 2 is 1.20 bits per heavy atom. The van der Waals surface area contributed by atoms with Crippen molar-refractivity contribution in [3.8, 4) is 24.7 Å². The van der Waals surface area contributed by atoms with Crippen LogP contribution in [0.1, 0.15) is 56.8 Å². The van der Waals surface area contributed by atoms with Crippen LogP contribution in [0.15, 0.2) is 36.4 Å². The maximum Gasteiger partial charge on any atom is 0.336 e. The number of hydrogen-bond acceptors (Lipinski definition) is 2. The van der Waals surface area contributed by atoms with E-state index in [1.54, 1.807) is 38.1 Å². The molecule has 0 aliphatic heterocycles. The quantitative estimate of drug-likeness (QED) is 0.842. The van der Waals surface area contributed by atoms with E-state index in [1.807, 2.05) is 0 Å². The van der Waals surface area contributed by atoms with Crippen molar-refractivity contribution < 1.29 is 19.8 Å². The third kappa shape index (κ3) is 3.24. The highest BCUT2D eigenvalue weighted by Gasteiger charge is 2.31. The summed E-state index contributed by atoms with van der Waals surface area (Å²) in [5.74, 6) is 2.56. The molecule has 0 saturated heterocycles. The SMILES string of the molecule is C#Cc1ccc(C(C)(C)c2ccc(C#C)cc2C(=O)O)c(C(=O)O)c1. The second-order valence-electron chi connectivity index (χ2n) is 6.04. The lowest BCUT2D eigenvalue weighted by molar-refractivity contribution is 0.0686. The van der Waals surface area contributed by atoms with Gasteiger partial charge in [-0.15, -0.1) is 12.8 Å². The van der Waals surface area contributed by atoms with Crippen LogP contribution < -0.4 is 0 Å². The molecule has 0 aromatic heterocycles. The van der Waals surface area contributed by atoms with Crippen LogP contribution in [0.5, 0.6) is 0 Å².